The summed E-state index contributed by atoms with van der Waals surface area (Å²) in [4.78, 5) is 29.4. The molecule has 25 heavy (non-hydrogen) atoms. The molecule has 1 aliphatic heterocycles. The van der Waals surface area contributed by atoms with E-state index >= 15 is 0 Å². The Kier molecular flexibility index (Phi) is 5.36. The molecule has 1 aliphatic rings. The Balaban J connectivity index is 2.10. The lowest BCUT2D eigenvalue weighted by Gasteiger charge is -2.29. The second kappa shape index (κ2) is 7.13. The van der Waals surface area contributed by atoms with Crippen molar-refractivity contribution in [1.29, 1.82) is 0 Å². The van der Waals surface area contributed by atoms with Gasteiger partial charge in [-0.05, 0) is 38.8 Å². The van der Waals surface area contributed by atoms with Crippen LogP contribution >= 0.6 is 0 Å². The first-order valence-electron chi connectivity index (χ1n) is 8.05. The molecule has 0 bridgehead atoms. The minimum atomic E-state index is -1.10. The fraction of sp³-hybridized carbons (Fsp3) is 0.421. The molecule has 0 spiro atoms. The second-order valence-corrected chi connectivity index (χ2v) is 7.10. The maximum Gasteiger partial charge on any atom is 0.408 e. The Bertz CT molecular complexity index is 702. The number of hydrogen-bond acceptors (Lipinski definition) is 5. The highest BCUT2D eigenvalue weighted by Crippen LogP contribution is 2.34. The summed E-state index contributed by atoms with van der Waals surface area (Å²) in [5, 5.41) is 4.13. The topological polar surface area (TPSA) is 67.9 Å². The van der Waals surface area contributed by atoms with E-state index < -0.39 is 17.2 Å². The van der Waals surface area contributed by atoms with E-state index in [1.165, 1.54) is 5.06 Å². The van der Waals surface area contributed by atoms with Crippen LogP contribution in [-0.4, -0.2) is 34.8 Å². The highest BCUT2D eigenvalue weighted by molar-refractivity contribution is 5.73. The van der Waals surface area contributed by atoms with Crippen LogP contribution < -0.4 is 5.32 Å². The lowest BCUT2D eigenvalue weighted by molar-refractivity contribution is -0.129. The molecule has 6 nitrogen and oxygen atoms in total. The van der Waals surface area contributed by atoms with Gasteiger partial charge in [-0.1, -0.05) is 36.9 Å². The monoisotopic (exact) mass is 344 g/mol. The lowest BCUT2D eigenvalue weighted by atomic mass is 9.94. The van der Waals surface area contributed by atoms with Crippen LogP contribution in [0.3, 0.4) is 0 Å². The zero-order valence-corrected chi connectivity index (χ0v) is 15.1. The van der Waals surface area contributed by atoms with E-state index in [-0.39, 0.29) is 12.2 Å². The van der Waals surface area contributed by atoms with E-state index in [4.69, 9.17) is 9.57 Å². The van der Waals surface area contributed by atoms with Gasteiger partial charge in [0.1, 0.15) is 11.1 Å². The van der Waals surface area contributed by atoms with Gasteiger partial charge in [-0.3, -0.25) is 4.84 Å². The summed E-state index contributed by atoms with van der Waals surface area (Å²) in [5.41, 5.74) is 0.00604. The smallest absolute Gasteiger partial charge is 0.408 e. The van der Waals surface area contributed by atoms with E-state index in [1.54, 1.807) is 27.7 Å². The largest absolute Gasteiger partial charge is 0.444 e. The van der Waals surface area contributed by atoms with Gasteiger partial charge in [0.25, 0.3) is 0 Å². The third-order valence-electron chi connectivity index (χ3n) is 3.84. The molecular weight excluding hydrogens is 320 g/mol. The molecule has 0 aromatic heterocycles. The maximum absolute atomic E-state index is 12.1. The predicted octanol–water partition coefficient (Wildman–Crippen LogP) is 2.99. The average Bonchev–Trinajstić information content (AvgIpc) is 2.74. The van der Waals surface area contributed by atoms with Crippen LogP contribution in [0.4, 0.5) is 4.79 Å². The second-order valence-electron chi connectivity index (χ2n) is 7.10. The number of ether oxygens (including phenoxy) is 1. The standard InChI is InChI=1S/C19H24N2O4/c1-14-11-21(24-13-15-9-7-6-8-10-15)16(12-22)19(14,5)20-17(23)25-18(2,3)4/h6-10H,1,11,13H2,2-5H3,(H,20,23)/t19-/m0/s1. The van der Waals surface area contributed by atoms with Crippen molar-refractivity contribution in [2.75, 3.05) is 6.54 Å². The van der Waals surface area contributed by atoms with E-state index in [2.05, 4.69) is 11.9 Å². The van der Waals surface area contributed by atoms with Crippen molar-refractivity contribution in [3.63, 3.8) is 0 Å². The zero-order chi connectivity index (χ0) is 18.7. The number of rotatable bonds is 4. The molecule has 1 amide bonds. The fourth-order valence-corrected chi connectivity index (χ4v) is 2.47. The van der Waals surface area contributed by atoms with Crippen molar-refractivity contribution < 1.29 is 19.2 Å². The van der Waals surface area contributed by atoms with Crippen LogP contribution in [0.25, 0.3) is 0 Å². The van der Waals surface area contributed by atoms with Crippen LogP contribution in [-0.2, 0) is 21.0 Å². The summed E-state index contributed by atoms with van der Waals surface area (Å²) < 4.78 is 5.28. The number of nitrogens with one attached hydrogen (secondary N) is 1. The molecule has 0 radical (unpaired) electrons. The Labute approximate surface area is 148 Å². The predicted molar refractivity (Wildman–Crippen MR) is 94.1 cm³/mol. The summed E-state index contributed by atoms with van der Waals surface area (Å²) >= 11 is 0. The van der Waals surface area contributed by atoms with E-state index in [0.717, 1.165) is 5.56 Å². The molecule has 1 fully saturated rings. The molecule has 0 unspecified atom stereocenters. The third kappa shape index (κ3) is 4.50. The minimum absolute atomic E-state index is 0.166. The molecule has 6 heteroatoms. The lowest BCUT2D eigenvalue weighted by Crippen LogP contribution is -2.49. The first-order chi connectivity index (χ1) is 11.7. The van der Waals surface area contributed by atoms with Gasteiger partial charge in [-0.2, -0.15) is 0 Å². The number of nitrogens with zero attached hydrogens (tertiary/aromatic N) is 1. The van der Waals surface area contributed by atoms with Gasteiger partial charge in [0.15, 0.2) is 11.6 Å². The SMILES string of the molecule is C=C1CN(OCc2ccccc2)C(=C=O)[C@@]1(C)NC(=O)OC(C)(C)C. The Hall–Kier alpha value is -2.56. The van der Waals surface area contributed by atoms with Gasteiger partial charge in [-0.25, -0.2) is 14.7 Å². The molecule has 1 aromatic carbocycles. The average molecular weight is 344 g/mol. The van der Waals surface area contributed by atoms with Gasteiger partial charge in [0.2, 0.25) is 0 Å². The highest BCUT2D eigenvalue weighted by Gasteiger charge is 2.46. The van der Waals surface area contributed by atoms with Crippen LogP contribution in [0, 0.1) is 0 Å². The summed E-state index contributed by atoms with van der Waals surface area (Å²) in [6.45, 7) is 11.5. The molecule has 1 saturated heterocycles. The van der Waals surface area contributed by atoms with Gasteiger partial charge >= 0.3 is 6.09 Å². The number of carbonyl (C=O) groups is 1. The highest BCUT2D eigenvalue weighted by atomic mass is 16.7. The number of benzene rings is 1. The van der Waals surface area contributed by atoms with Gasteiger partial charge in [-0.15, -0.1) is 0 Å². The number of alkyl carbamates (subject to hydrolysis) is 1. The Morgan fingerprint density at radius 1 is 1.36 bits per heavy atom. The van der Waals surface area contributed by atoms with Crippen LogP contribution in [0.1, 0.15) is 33.3 Å². The Morgan fingerprint density at radius 2 is 2.00 bits per heavy atom. The zero-order valence-electron chi connectivity index (χ0n) is 15.1. The van der Waals surface area contributed by atoms with Gasteiger partial charge in [0.05, 0.1) is 13.2 Å². The van der Waals surface area contributed by atoms with E-state index in [1.807, 2.05) is 36.3 Å². The summed E-state index contributed by atoms with van der Waals surface area (Å²) in [5.74, 6) is 1.88. The number of carbonyl (C=O) groups excluding carboxylic acids is 2. The quantitative estimate of drug-likeness (QED) is 0.672. The van der Waals surface area contributed by atoms with Gasteiger partial charge in [0, 0.05) is 0 Å². The molecular formula is C19H24N2O4. The molecule has 0 saturated carbocycles. The molecule has 134 valence electrons. The maximum atomic E-state index is 12.1. The van der Waals surface area contributed by atoms with E-state index in [0.29, 0.717) is 12.2 Å². The number of hydroxylamine groups is 2. The summed E-state index contributed by atoms with van der Waals surface area (Å²) in [6.07, 6.45) is -0.631. The van der Waals surface area contributed by atoms with Crippen LogP contribution in [0.5, 0.6) is 0 Å². The molecule has 0 aliphatic carbocycles. The normalized spacial score (nSPS) is 20.4. The summed E-state index contributed by atoms with van der Waals surface area (Å²) in [6, 6.07) is 9.58. The van der Waals surface area contributed by atoms with Crippen molar-refractivity contribution in [2.24, 2.45) is 0 Å². The van der Waals surface area contributed by atoms with Crippen molar-refractivity contribution in [2.45, 2.75) is 45.4 Å². The van der Waals surface area contributed by atoms with Crippen LogP contribution in [0.2, 0.25) is 0 Å². The Morgan fingerprint density at radius 3 is 2.56 bits per heavy atom. The van der Waals surface area contributed by atoms with Gasteiger partial charge < -0.3 is 10.1 Å². The van der Waals surface area contributed by atoms with E-state index in [9.17, 15) is 9.59 Å². The minimum Gasteiger partial charge on any atom is -0.444 e. The van der Waals surface area contributed by atoms with Crippen molar-refractivity contribution in [3.05, 3.63) is 53.7 Å². The van der Waals surface area contributed by atoms with Crippen LogP contribution in [0.15, 0.2) is 48.2 Å². The first-order valence-corrected chi connectivity index (χ1v) is 8.05. The summed E-state index contributed by atoms with van der Waals surface area (Å²) in [7, 11) is 0. The molecule has 1 atom stereocenters. The molecule has 2 rings (SSSR count). The van der Waals surface area contributed by atoms with Crippen molar-refractivity contribution in [1.82, 2.24) is 10.4 Å². The fourth-order valence-electron chi connectivity index (χ4n) is 2.47. The first kappa shape index (κ1) is 18.8. The molecule has 1 heterocycles. The molecule has 1 aromatic rings. The third-order valence-corrected chi connectivity index (χ3v) is 3.84. The molecule has 1 N–H and O–H groups in total. The van der Waals surface area contributed by atoms with Crippen molar-refractivity contribution >= 4 is 12.0 Å². The van der Waals surface area contributed by atoms with Crippen molar-refractivity contribution in [3.8, 4) is 0 Å². The number of hydrogen-bond donors (Lipinski definition) is 1. The number of amides is 1.